The number of nitrogens with one attached hydrogen (secondary N) is 1. The number of carbonyl (C=O) groups is 1. The standard InChI is InChI=1S/C31H31N3O6S/c1-31(2,3)21-7-4-19(5-8-21)16-41-30-33-23-14-27-26(39-18-40-27)13-22(23)29(36)34(30)11-10-28(35)32-15-20-6-9-24-25(12-20)38-17-37-24/h4-9,12-14H,10-11,15-18H2,1-3H3,(H,32,35). The van der Waals surface area contributed by atoms with Crippen LogP contribution in [0.3, 0.4) is 0 Å². The summed E-state index contributed by atoms with van der Waals surface area (Å²) in [6.07, 6.45) is 0.121. The highest BCUT2D eigenvalue weighted by atomic mass is 32.2. The van der Waals surface area contributed by atoms with E-state index in [0.29, 0.717) is 51.4 Å². The number of fused-ring (bicyclic) bond motifs is 3. The van der Waals surface area contributed by atoms with Crippen LogP contribution < -0.4 is 29.8 Å². The monoisotopic (exact) mass is 573 g/mol. The van der Waals surface area contributed by atoms with E-state index in [1.807, 2.05) is 18.2 Å². The number of amides is 1. The zero-order valence-electron chi connectivity index (χ0n) is 23.2. The van der Waals surface area contributed by atoms with Crippen LogP contribution in [0.15, 0.2) is 64.5 Å². The molecule has 2 aliphatic rings. The van der Waals surface area contributed by atoms with Gasteiger partial charge in [0, 0.05) is 31.3 Å². The molecule has 2 aliphatic heterocycles. The summed E-state index contributed by atoms with van der Waals surface area (Å²) in [6, 6.07) is 17.5. The van der Waals surface area contributed by atoms with E-state index >= 15 is 0 Å². The Morgan fingerprint density at radius 3 is 2.29 bits per heavy atom. The summed E-state index contributed by atoms with van der Waals surface area (Å²) in [6.45, 7) is 7.39. The van der Waals surface area contributed by atoms with Crippen LogP contribution in [0.5, 0.6) is 23.0 Å². The van der Waals surface area contributed by atoms with E-state index in [9.17, 15) is 9.59 Å². The summed E-state index contributed by atoms with van der Waals surface area (Å²) in [5, 5.41) is 3.90. The summed E-state index contributed by atoms with van der Waals surface area (Å²) in [5.41, 5.74) is 3.67. The molecule has 0 radical (unpaired) electrons. The topological polar surface area (TPSA) is 101 Å². The molecule has 41 heavy (non-hydrogen) atoms. The van der Waals surface area contributed by atoms with Gasteiger partial charge >= 0.3 is 0 Å². The number of rotatable bonds is 8. The number of nitrogens with zero attached hydrogens (tertiary/aromatic N) is 2. The average Bonchev–Trinajstić information content (AvgIpc) is 3.62. The molecule has 4 aromatic rings. The molecule has 6 rings (SSSR count). The Bertz CT molecular complexity index is 1680. The van der Waals surface area contributed by atoms with E-state index in [2.05, 4.69) is 50.4 Å². The van der Waals surface area contributed by atoms with E-state index < -0.39 is 0 Å². The molecular formula is C31H31N3O6S. The molecule has 1 amide bonds. The van der Waals surface area contributed by atoms with Crippen LogP contribution in [0.4, 0.5) is 0 Å². The zero-order valence-corrected chi connectivity index (χ0v) is 24.0. The van der Waals surface area contributed by atoms with Gasteiger partial charge < -0.3 is 24.3 Å². The first kappa shape index (κ1) is 27.0. The van der Waals surface area contributed by atoms with Crippen molar-refractivity contribution in [3.63, 3.8) is 0 Å². The Morgan fingerprint density at radius 1 is 0.902 bits per heavy atom. The molecule has 0 aliphatic carbocycles. The van der Waals surface area contributed by atoms with Crippen molar-refractivity contribution in [1.29, 1.82) is 0 Å². The molecule has 0 saturated carbocycles. The number of thioether (sulfide) groups is 1. The highest BCUT2D eigenvalue weighted by Crippen LogP contribution is 2.36. The summed E-state index contributed by atoms with van der Waals surface area (Å²) in [7, 11) is 0. The predicted octanol–water partition coefficient (Wildman–Crippen LogP) is 5.15. The van der Waals surface area contributed by atoms with Gasteiger partial charge in [-0.15, -0.1) is 0 Å². The van der Waals surface area contributed by atoms with Crippen molar-refractivity contribution in [2.45, 2.75) is 56.6 Å². The quantitative estimate of drug-likeness (QED) is 0.228. The van der Waals surface area contributed by atoms with Gasteiger partial charge in [0.15, 0.2) is 28.2 Å². The van der Waals surface area contributed by atoms with Crippen LogP contribution in [0.25, 0.3) is 10.9 Å². The maximum atomic E-state index is 13.7. The lowest BCUT2D eigenvalue weighted by Crippen LogP contribution is -2.28. The predicted molar refractivity (Wildman–Crippen MR) is 156 cm³/mol. The molecule has 0 unspecified atom stereocenters. The van der Waals surface area contributed by atoms with Crippen molar-refractivity contribution in [1.82, 2.24) is 14.9 Å². The van der Waals surface area contributed by atoms with Gasteiger partial charge in [0.25, 0.3) is 5.56 Å². The van der Waals surface area contributed by atoms with E-state index in [4.69, 9.17) is 23.9 Å². The molecule has 3 aromatic carbocycles. The van der Waals surface area contributed by atoms with Crippen molar-refractivity contribution in [3.05, 3.63) is 81.6 Å². The summed E-state index contributed by atoms with van der Waals surface area (Å²) in [5.74, 6) is 2.90. The fourth-order valence-electron chi connectivity index (χ4n) is 4.70. The largest absolute Gasteiger partial charge is 0.454 e. The Morgan fingerprint density at radius 2 is 1.56 bits per heavy atom. The molecule has 0 spiro atoms. The molecule has 212 valence electrons. The third-order valence-electron chi connectivity index (χ3n) is 7.09. The lowest BCUT2D eigenvalue weighted by molar-refractivity contribution is -0.121. The van der Waals surface area contributed by atoms with Gasteiger partial charge in [-0.2, -0.15) is 0 Å². The first-order chi connectivity index (χ1) is 19.7. The van der Waals surface area contributed by atoms with E-state index in [-0.39, 0.29) is 43.4 Å². The van der Waals surface area contributed by atoms with Crippen molar-refractivity contribution < 1.29 is 23.7 Å². The summed E-state index contributed by atoms with van der Waals surface area (Å²) >= 11 is 1.47. The fraction of sp³-hybridized carbons (Fsp3) is 0.323. The van der Waals surface area contributed by atoms with E-state index in [1.54, 1.807) is 16.7 Å². The molecule has 0 atom stereocenters. The molecular weight excluding hydrogens is 542 g/mol. The number of ether oxygens (including phenoxy) is 4. The normalized spacial score (nSPS) is 13.5. The van der Waals surface area contributed by atoms with Crippen LogP contribution in [0, 0.1) is 0 Å². The number of hydrogen-bond donors (Lipinski definition) is 1. The smallest absolute Gasteiger partial charge is 0.262 e. The Labute approximate surface area is 241 Å². The molecule has 0 saturated heterocycles. The Kier molecular flexibility index (Phi) is 7.25. The van der Waals surface area contributed by atoms with Gasteiger partial charge in [0.05, 0.1) is 10.9 Å². The number of benzene rings is 3. The van der Waals surface area contributed by atoms with Gasteiger partial charge in [-0.3, -0.25) is 14.2 Å². The molecule has 0 bridgehead atoms. The molecule has 1 aromatic heterocycles. The van der Waals surface area contributed by atoms with E-state index in [1.165, 1.54) is 17.3 Å². The lowest BCUT2D eigenvalue weighted by Gasteiger charge is -2.19. The maximum absolute atomic E-state index is 13.7. The van der Waals surface area contributed by atoms with Crippen LogP contribution in [0.1, 0.15) is 43.9 Å². The number of aromatic nitrogens is 2. The van der Waals surface area contributed by atoms with Crippen LogP contribution >= 0.6 is 11.8 Å². The third kappa shape index (κ3) is 5.83. The van der Waals surface area contributed by atoms with Crippen molar-refractivity contribution in [2.24, 2.45) is 0 Å². The number of hydrogen-bond acceptors (Lipinski definition) is 8. The number of carbonyl (C=O) groups excluding carboxylic acids is 1. The Hall–Kier alpha value is -4.18. The molecule has 0 fully saturated rings. The lowest BCUT2D eigenvalue weighted by atomic mass is 9.87. The highest BCUT2D eigenvalue weighted by molar-refractivity contribution is 7.98. The molecule has 10 heteroatoms. The second kappa shape index (κ2) is 11.0. The van der Waals surface area contributed by atoms with Gasteiger partial charge in [0.1, 0.15) is 0 Å². The average molecular weight is 574 g/mol. The molecule has 1 N–H and O–H groups in total. The molecule has 9 nitrogen and oxygen atoms in total. The Balaban J connectivity index is 1.20. The first-order valence-electron chi connectivity index (χ1n) is 13.5. The van der Waals surface area contributed by atoms with Crippen LogP contribution in [-0.2, 0) is 29.1 Å². The van der Waals surface area contributed by atoms with Gasteiger partial charge in [-0.1, -0.05) is 62.9 Å². The van der Waals surface area contributed by atoms with Crippen LogP contribution in [-0.4, -0.2) is 29.0 Å². The minimum atomic E-state index is -0.220. The van der Waals surface area contributed by atoms with Crippen molar-refractivity contribution in [2.75, 3.05) is 13.6 Å². The van der Waals surface area contributed by atoms with Gasteiger partial charge in [-0.25, -0.2) is 4.98 Å². The van der Waals surface area contributed by atoms with E-state index in [0.717, 1.165) is 11.1 Å². The van der Waals surface area contributed by atoms with Crippen LogP contribution in [0.2, 0.25) is 0 Å². The second-order valence-electron chi connectivity index (χ2n) is 11.0. The SMILES string of the molecule is CC(C)(C)c1ccc(CSc2nc3cc4c(cc3c(=O)n2CCC(=O)NCc2ccc3c(c2)OCO3)OCO4)cc1. The minimum Gasteiger partial charge on any atom is -0.454 e. The zero-order chi connectivity index (χ0) is 28.6. The molecule has 3 heterocycles. The van der Waals surface area contributed by atoms with Crippen molar-refractivity contribution >= 4 is 28.6 Å². The van der Waals surface area contributed by atoms with Crippen molar-refractivity contribution in [3.8, 4) is 23.0 Å². The second-order valence-corrected chi connectivity index (χ2v) is 12.0. The summed E-state index contributed by atoms with van der Waals surface area (Å²) < 4.78 is 23.3. The fourth-order valence-corrected chi connectivity index (χ4v) is 5.68. The summed E-state index contributed by atoms with van der Waals surface area (Å²) in [4.78, 5) is 31.3. The van der Waals surface area contributed by atoms with Gasteiger partial charge in [0.2, 0.25) is 19.5 Å². The third-order valence-corrected chi connectivity index (χ3v) is 8.14. The minimum absolute atomic E-state index is 0.0708. The highest BCUT2D eigenvalue weighted by Gasteiger charge is 2.20. The van der Waals surface area contributed by atoms with Gasteiger partial charge in [-0.05, 0) is 40.3 Å². The maximum Gasteiger partial charge on any atom is 0.262 e. The first-order valence-corrected chi connectivity index (χ1v) is 14.4.